The first-order valence-electron chi connectivity index (χ1n) is 13.7. The molecular weight excluding hydrogens is 516 g/mol. The number of hydrogen-bond donors (Lipinski definition) is 0. The molecule has 1 saturated heterocycles. The number of likely N-dealkylation sites (tertiary alicyclic amines) is 1. The van der Waals surface area contributed by atoms with Gasteiger partial charge in [0.05, 0.1) is 10.6 Å². The van der Waals surface area contributed by atoms with Crippen molar-refractivity contribution in [1.82, 2.24) is 14.7 Å². The van der Waals surface area contributed by atoms with Crippen LogP contribution in [0.2, 0.25) is 0 Å². The Balaban J connectivity index is 1.30. The number of para-hydroxylation sites is 1. The normalized spacial score (nSPS) is 18.3. The number of piperidine rings is 1. The smallest absolute Gasteiger partial charge is 0.286 e. The third-order valence-electron chi connectivity index (χ3n) is 7.22. The second kappa shape index (κ2) is 11.6. The Kier molecular flexibility index (Phi) is 7.55. The number of carbonyl (C=O) groups excluding carboxylic acids is 1. The predicted molar refractivity (Wildman–Crippen MR) is 162 cm³/mol. The topological polar surface area (TPSA) is 59.7 Å². The maximum atomic E-state index is 13.0. The van der Waals surface area contributed by atoms with Crippen LogP contribution in [0.3, 0.4) is 0 Å². The van der Waals surface area contributed by atoms with Gasteiger partial charge in [-0.2, -0.15) is 10.1 Å². The van der Waals surface area contributed by atoms with E-state index in [0.717, 1.165) is 58.5 Å². The summed E-state index contributed by atoms with van der Waals surface area (Å²) in [6, 6.07) is 26.3. The lowest BCUT2D eigenvalue weighted by Gasteiger charge is -2.31. The van der Waals surface area contributed by atoms with E-state index in [1.807, 2.05) is 71.6 Å². The summed E-state index contributed by atoms with van der Waals surface area (Å²) in [7, 11) is 0. The zero-order chi connectivity index (χ0) is 27.5. The SMILES string of the molecule is Cc1ccc(COc2cccc(-c3nn(-c4ccccc4)cc3/C=C3\SC(N4CCCC(C)C4)=NC3=O)c2)cc1. The highest BCUT2D eigenvalue weighted by atomic mass is 32.2. The van der Waals surface area contributed by atoms with E-state index in [1.54, 1.807) is 0 Å². The van der Waals surface area contributed by atoms with Crippen LogP contribution in [-0.2, 0) is 11.4 Å². The maximum Gasteiger partial charge on any atom is 0.286 e. The molecule has 1 amide bonds. The van der Waals surface area contributed by atoms with Gasteiger partial charge in [-0.3, -0.25) is 4.79 Å². The highest BCUT2D eigenvalue weighted by Gasteiger charge is 2.29. The van der Waals surface area contributed by atoms with Crippen LogP contribution in [0.25, 0.3) is 23.0 Å². The van der Waals surface area contributed by atoms with Crippen LogP contribution in [0.4, 0.5) is 0 Å². The maximum absolute atomic E-state index is 13.0. The molecular formula is C33H32N4O2S. The van der Waals surface area contributed by atoms with E-state index < -0.39 is 0 Å². The summed E-state index contributed by atoms with van der Waals surface area (Å²) < 4.78 is 7.99. The average molecular weight is 549 g/mol. The van der Waals surface area contributed by atoms with Gasteiger partial charge in [0, 0.05) is 30.4 Å². The molecule has 202 valence electrons. The lowest BCUT2D eigenvalue weighted by atomic mass is 10.0. The molecule has 0 aliphatic carbocycles. The van der Waals surface area contributed by atoms with Crippen LogP contribution < -0.4 is 4.74 Å². The van der Waals surface area contributed by atoms with Gasteiger partial charge in [-0.05, 0) is 73.4 Å². The molecule has 0 bridgehead atoms. The van der Waals surface area contributed by atoms with E-state index in [4.69, 9.17) is 9.84 Å². The Labute approximate surface area is 239 Å². The van der Waals surface area contributed by atoms with Gasteiger partial charge in [0.1, 0.15) is 18.1 Å². The van der Waals surface area contributed by atoms with Crippen molar-refractivity contribution in [2.45, 2.75) is 33.3 Å². The Morgan fingerprint density at radius 1 is 1.05 bits per heavy atom. The van der Waals surface area contributed by atoms with Crippen molar-refractivity contribution in [2.24, 2.45) is 10.9 Å². The zero-order valence-corrected chi connectivity index (χ0v) is 23.6. The first-order chi connectivity index (χ1) is 19.5. The lowest BCUT2D eigenvalue weighted by Crippen LogP contribution is -2.37. The molecule has 1 fully saturated rings. The summed E-state index contributed by atoms with van der Waals surface area (Å²) in [6.45, 7) is 6.71. The molecule has 40 heavy (non-hydrogen) atoms. The highest BCUT2D eigenvalue weighted by molar-refractivity contribution is 8.18. The molecule has 1 unspecified atom stereocenters. The van der Waals surface area contributed by atoms with Crippen LogP contribution in [0.1, 0.15) is 36.5 Å². The molecule has 0 saturated carbocycles. The van der Waals surface area contributed by atoms with E-state index in [2.05, 4.69) is 48.0 Å². The largest absolute Gasteiger partial charge is 0.489 e. The first-order valence-corrected chi connectivity index (χ1v) is 14.5. The lowest BCUT2D eigenvalue weighted by molar-refractivity contribution is -0.113. The summed E-state index contributed by atoms with van der Waals surface area (Å²) in [5, 5.41) is 5.77. The summed E-state index contributed by atoms with van der Waals surface area (Å²) >= 11 is 1.47. The zero-order valence-electron chi connectivity index (χ0n) is 22.8. The number of amides is 1. The number of aliphatic imine (C=N–C) groups is 1. The van der Waals surface area contributed by atoms with Crippen molar-refractivity contribution < 1.29 is 9.53 Å². The fraction of sp³-hybridized carbons (Fsp3) is 0.242. The van der Waals surface area contributed by atoms with E-state index in [0.29, 0.717) is 17.4 Å². The molecule has 7 heteroatoms. The molecule has 2 aliphatic rings. The van der Waals surface area contributed by atoms with Gasteiger partial charge in [-0.1, -0.05) is 67.1 Å². The summed E-state index contributed by atoms with van der Waals surface area (Å²) in [4.78, 5) is 20.3. The fourth-order valence-corrected chi connectivity index (χ4v) is 5.99. The summed E-state index contributed by atoms with van der Waals surface area (Å²) in [5.74, 6) is 1.19. The van der Waals surface area contributed by atoms with Crippen molar-refractivity contribution in [3.05, 3.63) is 107 Å². The van der Waals surface area contributed by atoms with Crippen molar-refractivity contribution in [2.75, 3.05) is 13.1 Å². The summed E-state index contributed by atoms with van der Waals surface area (Å²) in [5.41, 5.74) is 5.85. The van der Waals surface area contributed by atoms with Crippen molar-refractivity contribution in [3.63, 3.8) is 0 Å². The van der Waals surface area contributed by atoms with Crippen LogP contribution >= 0.6 is 11.8 Å². The number of carbonyl (C=O) groups is 1. The minimum Gasteiger partial charge on any atom is -0.489 e. The molecule has 2 aliphatic heterocycles. The molecule has 3 heterocycles. The standard InChI is InChI=1S/C33H32N4O2S/c1-23-13-15-25(16-14-23)22-39-29-12-6-9-26(18-29)31-27(21-37(35-31)28-10-4-3-5-11-28)19-30-32(38)34-33(40-30)36-17-7-8-24(2)20-36/h3-6,9-16,18-19,21,24H,7-8,17,20,22H2,1-2H3/b30-19-. The van der Waals surface area contributed by atoms with Gasteiger partial charge in [-0.15, -0.1) is 0 Å². The van der Waals surface area contributed by atoms with Crippen molar-refractivity contribution >= 4 is 28.9 Å². The molecule has 0 N–H and O–H groups in total. The van der Waals surface area contributed by atoms with E-state index >= 15 is 0 Å². The highest BCUT2D eigenvalue weighted by Crippen LogP contribution is 2.35. The van der Waals surface area contributed by atoms with Crippen molar-refractivity contribution in [1.29, 1.82) is 0 Å². The molecule has 1 aromatic heterocycles. The Morgan fingerprint density at radius 2 is 1.88 bits per heavy atom. The minimum absolute atomic E-state index is 0.188. The van der Waals surface area contributed by atoms with Crippen LogP contribution in [0.5, 0.6) is 5.75 Å². The Bertz CT molecular complexity index is 1570. The molecule has 0 radical (unpaired) electrons. The van der Waals surface area contributed by atoms with Crippen LogP contribution in [0, 0.1) is 12.8 Å². The van der Waals surface area contributed by atoms with E-state index in [-0.39, 0.29) is 5.91 Å². The summed E-state index contributed by atoms with van der Waals surface area (Å²) in [6.07, 6.45) is 6.26. The van der Waals surface area contributed by atoms with Crippen molar-refractivity contribution in [3.8, 4) is 22.7 Å². The number of thioether (sulfide) groups is 1. The van der Waals surface area contributed by atoms with Gasteiger partial charge >= 0.3 is 0 Å². The second-order valence-corrected chi connectivity index (χ2v) is 11.5. The number of rotatable bonds is 6. The van der Waals surface area contributed by atoms with Gasteiger partial charge in [0.25, 0.3) is 5.91 Å². The number of aryl methyl sites for hydroxylation is 1. The average Bonchev–Trinajstić information content (AvgIpc) is 3.57. The number of amidine groups is 1. The number of benzene rings is 3. The minimum atomic E-state index is -0.188. The number of ether oxygens (including phenoxy) is 1. The molecule has 6 nitrogen and oxygen atoms in total. The fourth-order valence-electron chi connectivity index (χ4n) is 5.05. The van der Waals surface area contributed by atoms with Crippen LogP contribution in [0.15, 0.2) is 95.0 Å². The molecule has 0 spiro atoms. The Morgan fingerprint density at radius 3 is 2.67 bits per heavy atom. The quantitative estimate of drug-likeness (QED) is 0.240. The number of aromatic nitrogens is 2. The molecule has 3 aromatic carbocycles. The number of nitrogens with zero attached hydrogens (tertiary/aromatic N) is 4. The third-order valence-corrected chi connectivity index (χ3v) is 8.26. The molecule has 1 atom stereocenters. The first kappa shape index (κ1) is 26.1. The second-order valence-electron chi connectivity index (χ2n) is 10.5. The van der Waals surface area contributed by atoms with Crippen LogP contribution in [-0.4, -0.2) is 38.8 Å². The monoisotopic (exact) mass is 548 g/mol. The van der Waals surface area contributed by atoms with E-state index in [9.17, 15) is 4.79 Å². The van der Waals surface area contributed by atoms with Gasteiger partial charge in [-0.25, -0.2) is 4.68 Å². The van der Waals surface area contributed by atoms with E-state index in [1.165, 1.54) is 23.7 Å². The number of hydrogen-bond acceptors (Lipinski definition) is 5. The predicted octanol–water partition coefficient (Wildman–Crippen LogP) is 7.13. The molecule has 4 aromatic rings. The molecule has 6 rings (SSSR count). The van der Waals surface area contributed by atoms with Gasteiger partial charge in [0.2, 0.25) is 0 Å². The third kappa shape index (κ3) is 5.89. The van der Waals surface area contributed by atoms with Gasteiger partial charge < -0.3 is 9.64 Å². The van der Waals surface area contributed by atoms with Gasteiger partial charge in [0.15, 0.2) is 5.17 Å². The Hall–Kier alpha value is -4.10.